The molecule has 0 fully saturated rings. The number of nitrogens with one attached hydrogen (secondary N) is 2. The first kappa shape index (κ1) is 12.9. The summed E-state index contributed by atoms with van der Waals surface area (Å²) in [7, 11) is 0. The van der Waals surface area contributed by atoms with Crippen LogP contribution >= 0.6 is 23.8 Å². The summed E-state index contributed by atoms with van der Waals surface area (Å²) in [6.07, 6.45) is 1.63. The lowest BCUT2D eigenvalue weighted by Crippen LogP contribution is -2.28. The molecule has 1 heterocycles. The van der Waals surface area contributed by atoms with Gasteiger partial charge >= 0.3 is 0 Å². The Bertz CT molecular complexity index is 540. The van der Waals surface area contributed by atoms with Crippen molar-refractivity contribution in [2.24, 2.45) is 0 Å². The Kier molecular flexibility index (Phi) is 4.23. The second kappa shape index (κ2) is 5.89. The SMILES string of the molecule is Cc1ccc(Cl)cc1NC(=S)NCc1ccco1. The first-order valence-electron chi connectivity index (χ1n) is 5.48. The molecule has 0 bridgehead atoms. The Labute approximate surface area is 116 Å². The van der Waals surface area contributed by atoms with Crippen LogP contribution in [0.3, 0.4) is 0 Å². The van der Waals surface area contributed by atoms with Gasteiger partial charge in [-0.25, -0.2) is 0 Å². The van der Waals surface area contributed by atoms with Crippen LogP contribution in [0.4, 0.5) is 5.69 Å². The molecule has 2 N–H and O–H groups in total. The minimum atomic E-state index is 0.539. The lowest BCUT2D eigenvalue weighted by Gasteiger charge is -2.12. The first-order chi connectivity index (χ1) is 8.65. The number of furan rings is 1. The number of thiocarbonyl (C=S) groups is 1. The van der Waals surface area contributed by atoms with Gasteiger partial charge in [-0.1, -0.05) is 17.7 Å². The maximum atomic E-state index is 5.94. The van der Waals surface area contributed by atoms with Crippen molar-refractivity contribution < 1.29 is 4.42 Å². The van der Waals surface area contributed by atoms with Crippen LogP contribution in [0.1, 0.15) is 11.3 Å². The topological polar surface area (TPSA) is 37.2 Å². The standard InChI is InChI=1S/C13H13ClN2OS/c1-9-4-5-10(14)7-12(9)16-13(18)15-8-11-3-2-6-17-11/h2-7H,8H2,1H3,(H2,15,16,18). The van der Waals surface area contributed by atoms with E-state index in [-0.39, 0.29) is 0 Å². The second-order valence-electron chi connectivity index (χ2n) is 3.85. The Balaban J connectivity index is 1.92. The van der Waals surface area contributed by atoms with E-state index in [2.05, 4.69) is 10.6 Å². The highest BCUT2D eigenvalue weighted by molar-refractivity contribution is 7.80. The van der Waals surface area contributed by atoms with Gasteiger partial charge < -0.3 is 15.1 Å². The molecule has 0 aliphatic heterocycles. The summed E-state index contributed by atoms with van der Waals surface area (Å²) in [5.74, 6) is 0.835. The molecular formula is C13H13ClN2OS. The number of hydrogen-bond acceptors (Lipinski definition) is 2. The van der Waals surface area contributed by atoms with Gasteiger partial charge in [0, 0.05) is 10.7 Å². The van der Waals surface area contributed by atoms with E-state index in [0.29, 0.717) is 16.7 Å². The third-order valence-electron chi connectivity index (χ3n) is 2.45. The fourth-order valence-electron chi connectivity index (χ4n) is 1.48. The predicted molar refractivity (Wildman–Crippen MR) is 78.0 cm³/mol. The Morgan fingerprint density at radius 1 is 1.39 bits per heavy atom. The van der Waals surface area contributed by atoms with E-state index in [1.54, 1.807) is 6.26 Å². The van der Waals surface area contributed by atoms with E-state index in [4.69, 9.17) is 28.2 Å². The fourth-order valence-corrected chi connectivity index (χ4v) is 1.83. The van der Waals surface area contributed by atoms with Crippen molar-refractivity contribution in [3.63, 3.8) is 0 Å². The molecule has 0 saturated heterocycles. The average molecular weight is 281 g/mol. The Morgan fingerprint density at radius 2 is 2.22 bits per heavy atom. The van der Waals surface area contributed by atoms with E-state index in [0.717, 1.165) is 17.0 Å². The van der Waals surface area contributed by atoms with Crippen LogP contribution in [0.25, 0.3) is 0 Å². The number of hydrogen-bond donors (Lipinski definition) is 2. The summed E-state index contributed by atoms with van der Waals surface area (Å²) >= 11 is 11.1. The minimum Gasteiger partial charge on any atom is -0.467 e. The van der Waals surface area contributed by atoms with E-state index in [9.17, 15) is 0 Å². The van der Waals surface area contributed by atoms with Crippen LogP contribution in [0.2, 0.25) is 5.02 Å². The highest BCUT2D eigenvalue weighted by Gasteiger charge is 2.03. The molecule has 3 nitrogen and oxygen atoms in total. The number of benzene rings is 1. The lowest BCUT2D eigenvalue weighted by molar-refractivity contribution is 0.503. The van der Waals surface area contributed by atoms with Crippen molar-refractivity contribution in [3.05, 3.63) is 52.9 Å². The maximum Gasteiger partial charge on any atom is 0.171 e. The fraction of sp³-hybridized carbons (Fsp3) is 0.154. The summed E-state index contributed by atoms with van der Waals surface area (Å²) in [6, 6.07) is 9.37. The van der Waals surface area contributed by atoms with E-state index in [1.807, 2.05) is 37.3 Å². The molecule has 2 rings (SSSR count). The van der Waals surface area contributed by atoms with Crippen LogP contribution in [-0.4, -0.2) is 5.11 Å². The summed E-state index contributed by atoms with van der Waals surface area (Å²) in [6.45, 7) is 2.55. The summed E-state index contributed by atoms with van der Waals surface area (Å²) in [4.78, 5) is 0. The Morgan fingerprint density at radius 3 is 2.94 bits per heavy atom. The molecular weight excluding hydrogens is 268 g/mol. The summed E-state index contributed by atoms with van der Waals surface area (Å²) in [5, 5.41) is 7.39. The molecule has 1 aromatic heterocycles. The van der Waals surface area contributed by atoms with Gasteiger partial charge in [-0.2, -0.15) is 0 Å². The first-order valence-corrected chi connectivity index (χ1v) is 6.27. The van der Waals surface area contributed by atoms with Crippen molar-refractivity contribution in [2.75, 3.05) is 5.32 Å². The van der Waals surface area contributed by atoms with Gasteiger partial charge in [-0.15, -0.1) is 0 Å². The van der Waals surface area contributed by atoms with Gasteiger partial charge in [0.25, 0.3) is 0 Å². The Hall–Kier alpha value is -1.52. The van der Waals surface area contributed by atoms with Gasteiger partial charge in [0.05, 0.1) is 12.8 Å². The van der Waals surface area contributed by atoms with Crippen molar-refractivity contribution in [2.45, 2.75) is 13.5 Å². The number of aryl methyl sites for hydroxylation is 1. The van der Waals surface area contributed by atoms with Crippen LogP contribution in [0.5, 0.6) is 0 Å². The molecule has 0 unspecified atom stereocenters. The molecule has 0 aliphatic rings. The minimum absolute atomic E-state index is 0.539. The van der Waals surface area contributed by atoms with E-state index in [1.165, 1.54) is 0 Å². The van der Waals surface area contributed by atoms with Gasteiger partial charge in [0.15, 0.2) is 5.11 Å². The van der Waals surface area contributed by atoms with Gasteiger partial charge in [0.2, 0.25) is 0 Å². The van der Waals surface area contributed by atoms with Gasteiger partial charge in [0.1, 0.15) is 5.76 Å². The molecule has 0 aliphatic carbocycles. The number of rotatable bonds is 3. The zero-order chi connectivity index (χ0) is 13.0. The summed E-state index contributed by atoms with van der Waals surface area (Å²) in [5.41, 5.74) is 1.99. The normalized spacial score (nSPS) is 10.1. The van der Waals surface area contributed by atoms with Crippen LogP contribution < -0.4 is 10.6 Å². The van der Waals surface area contributed by atoms with Crippen molar-refractivity contribution in [3.8, 4) is 0 Å². The molecule has 94 valence electrons. The lowest BCUT2D eigenvalue weighted by atomic mass is 10.2. The maximum absolute atomic E-state index is 5.94. The van der Waals surface area contributed by atoms with E-state index >= 15 is 0 Å². The number of anilines is 1. The molecule has 0 spiro atoms. The molecule has 0 amide bonds. The largest absolute Gasteiger partial charge is 0.467 e. The van der Waals surface area contributed by atoms with Gasteiger partial charge in [-0.05, 0) is 49.0 Å². The van der Waals surface area contributed by atoms with Crippen LogP contribution in [-0.2, 0) is 6.54 Å². The number of halogens is 1. The van der Waals surface area contributed by atoms with Crippen LogP contribution in [0.15, 0.2) is 41.0 Å². The summed E-state index contributed by atoms with van der Waals surface area (Å²) < 4.78 is 5.21. The molecule has 0 atom stereocenters. The zero-order valence-electron chi connectivity index (χ0n) is 9.87. The predicted octanol–water partition coefficient (Wildman–Crippen LogP) is 3.73. The zero-order valence-corrected chi connectivity index (χ0v) is 11.4. The third kappa shape index (κ3) is 3.48. The molecule has 1 aromatic carbocycles. The average Bonchev–Trinajstić information content (AvgIpc) is 2.84. The molecule has 5 heteroatoms. The molecule has 0 saturated carbocycles. The van der Waals surface area contributed by atoms with Crippen LogP contribution in [0, 0.1) is 6.92 Å². The van der Waals surface area contributed by atoms with Crippen molar-refractivity contribution in [1.82, 2.24) is 5.32 Å². The molecule has 0 radical (unpaired) electrons. The van der Waals surface area contributed by atoms with Crippen molar-refractivity contribution in [1.29, 1.82) is 0 Å². The van der Waals surface area contributed by atoms with Gasteiger partial charge in [-0.3, -0.25) is 0 Å². The molecule has 2 aromatic rings. The molecule has 18 heavy (non-hydrogen) atoms. The highest BCUT2D eigenvalue weighted by atomic mass is 35.5. The monoisotopic (exact) mass is 280 g/mol. The third-order valence-corrected chi connectivity index (χ3v) is 2.93. The van der Waals surface area contributed by atoms with E-state index < -0.39 is 0 Å². The second-order valence-corrected chi connectivity index (χ2v) is 4.69. The van der Waals surface area contributed by atoms with Crippen molar-refractivity contribution >= 4 is 34.6 Å². The highest BCUT2D eigenvalue weighted by Crippen LogP contribution is 2.19. The quantitative estimate of drug-likeness (QED) is 0.840. The smallest absolute Gasteiger partial charge is 0.171 e.